The average molecular weight is 378 g/mol. The highest BCUT2D eigenvalue weighted by molar-refractivity contribution is 6.04. The summed E-state index contributed by atoms with van der Waals surface area (Å²) >= 11 is 0. The second-order valence-corrected chi connectivity index (χ2v) is 7.63. The summed E-state index contributed by atoms with van der Waals surface area (Å²) in [6, 6.07) is 15.5. The molecule has 0 spiro atoms. The molecule has 146 valence electrons. The van der Waals surface area contributed by atoms with Gasteiger partial charge in [0.1, 0.15) is 12.4 Å². The lowest BCUT2D eigenvalue weighted by Crippen LogP contribution is -2.38. The predicted octanol–water partition coefficient (Wildman–Crippen LogP) is 4.46. The summed E-state index contributed by atoms with van der Waals surface area (Å²) in [6.45, 7) is 7.80. The van der Waals surface area contributed by atoms with Gasteiger partial charge in [0.15, 0.2) is 0 Å². The zero-order valence-electron chi connectivity index (χ0n) is 16.8. The van der Waals surface area contributed by atoms with Crippen LogP contribution in [0, 0.1) is 0 Å². The second-order valence-electron chi connectivity index (χ2n) is 7.63. The van der Waals surface area contributed by atoms with Crippen LogP contribution in [0.5, 0.6) is 5.75 Å². The minimum absolute atomic E-state index is 0.0845. The number of carbonyl (C=O) groups is 1. The van der Waals surface area contributed by atoms with Gasteiger partial charge in [-0.05, 0) is 62.2 Å². The summed E-state index contributed by atoms with van der Waals surface area (Å²) in [4.78, 5) is 16.4. The Morgan fingerprint density at radius 1 is 1.04 bits per heavy atom. The molecular weight excluding hydrogens is 352 g/mol. The van der Waals surface area contributed by atoms with Crippen molar-refractivity contribution in [1.29, 1.82) is 0 Å². The van der Waals surface area contributed by atoms with Gasteiger partial charge in [0.2, 0.25) is 0 Å². The minimum Gasteiger partial charge on any atom is -0.492 e. The fraction of sp³-hybridized carbons (Fsp3) is 0.304. The molecule has 0 amide bonds. The van der Waals surface area contributed by atoms with Crippen LogP contribution >= 0.6 is 0 Å². The fourth-order valence-corrected chi connectivity index (χ4v) is 2.95. The maximum absolute atomic E-state index is 12.0. The molecule has 3 aromatic rings. The van der Waals surface area contributed by atoms with Crippen LogP contribution in [0.4, 0.5) is 0 Å². The van der Waals surface area contributed by atoms with Crippen molar-refractivity contribution in [3.05, 3.63) is 60.3 Å². The van der Waals surface area contributed by atoms with E-state index in [9.17, 15) is 4.79 Å². The molecule has 1 N–H and O–H groups in total. The van der Waals surface area contributed by atoms with Crippen molar-refractivity contribution in [1.82, 2.24) is 10.3 Å². The molecule has 0 aliphatic carbocycles. The molecule has 28 heavy (non-hydrogen) atoms. The van der Waals surface area contributed by atoms with E-state index in [0.717, 1.165) is 34.3 Å². The Labute approximate surface area is 165 Å². The Balaban J connectivity index is 1.76. The van der Waals surface area contributed by atoms with Crippen molar-refractivity contribution in [2.75, 3.05) is 20.3 Å². The maximum atomic E-state index is 12.0. The van der Waals surface area contributed by atoms with Gasteiger partial charge < -0.3 is 14.8 Å². The average Bonchev–Trinajstić information content (AvgIpc) is 2.69. The van der Waals surface area contributed by atoms with Gasteiger partial charge >= 0.3 is 5.97 Å². The highest BCUT2D eigenvalue weighted by Gasteiger charge is 2.12. The first-order valence-electron chi connectivity index (χ1n) is 9.33. The Hall–Kier alpha value is -2.92. The highest BCUT2D eigenvalue weighted by Crippen LogP contribution is 2.27. The number of hydrogen-bond acceptors (Lipinski definition) is 5. The topological polar surface area (TPSA) is 60.5 Å². The monoisotopic (exact) mass is 378 g/mol. The fourth-order valence-electron chi connectivity index (χ4n) is 2.95. The number of pyridine rings is 1. The molecule has 3 rings (SSSR count). The molecule has 0 saturated heterocycles. The third kappa shape index (κ3) is 4.87. The van der Waals surface area contributed by atoms with Crippen LogP contribution in [-0.4, -0.2) is 36.8 Å². The molecule has 0 unspecified atom stereocenters. The molecule has 5 heteroatoms. The van der Waals surface area contributed by atoms with E-state index < -0.39 is 0 Å². The number of nitrogens with zero attached hydrogens (tertiary/aromatic N) is 1. The van der Waals surface area contributed by atoms with Crippen molar-refractivity contribution in [2.45, 2.75) is 26.3 Å². The van der Waals surface area contributed by atoms with Crippen molar-refractivity contribution in [2.24, 2.45) is 0 Å². The minimum atomic E-state index is -0.364. The molecule has 0 aliphatic rings. The van der Waals surface area contributed by atoms with Gasteiger partial charge in [0, 0.05) is 23.7 Å². The molecular formula is C23H26N2O3. The van der Waals surface area contributed by atoms with E-state index in [4.69, 9.17) is 9.47 Å². The Morgan fingerprint density at radius 2 is 1.75 bits per heavy atom. The number of rotatable bonds is 6. The predicted molar refractivity (Wildman–Crippen MR) is 112 cm³/mol. The van der Waals surface area contributed by atoms with E-state index in [0.29, 0.717) is 12.2 Å². The van der Waals surface area contributed by atoms with Gasteiger partial charge in [-0.2, -0.15) is 0 Å². The number of hydrogen-bond donors (Lipinski definition) is 1. The van der Waals surface area contributed by atoms with E-state index >= 15 is 0 Å². The van der Waals surface area contributed by atoms with E-state index in [-0.39, 0.29) is 11.5 Å². The zero-order valence-corrected chi connectivity index (χ0v) is 16.8. The van der Waals surface area contributed by atoms with Crippen molar-refractivity contribution < 1.29 is 14.3 Å². The molecule has 5 nitrogen and oxygen atoms in total. The van der Waals surface area contributed by atoms with Gasteiger partial charge in [-0.3, -0.25) is 4.98 Å². The molecule has 1 heterocycles. The van der Waals surface area contributed by atoms with Gasteiger partial charge in [-0.15, -0.1) is 0 Å². The first kappa shape index (κ1) is 19.8. The molecule has 0 radical (unpaired) electrons. The third-order valence-electron chi connectivity index (χ3n) is 4.36. The van der Waals surface area contributed by atoms with Crippen LogP contribution < -0.4 is 10.1 Å². The van der Waals surface area contributed by atoms with E-state index in [2.05, 4.69) is 31.1 Å². The number of carbonyl (C=O) groups excluding carboxylic acids is 1. The highest BCUT2D eigenvalue weighted by atomic mass is 16.5. The zero-order chi connectivity index (χ0) is 20.1. The van der Waals surface area contributed by atoms with Crippen molar-refractivity contribution in [3.63, 3.8) is 0 Å². The number of nitrogens with one attached hydrogen (secondary N) is 1. The smallest absolute Gasteiger partial charge is 0.338 e. The molecule has 0 aliphatic heterocycles. The largest absolute Gasteiger partial charge is 0.492 e. The van der Waals surface area contributed by atoms with Gasteiger partial charge in [0.05, 0.1) is 18.2 Å². The molecule has 0 bridgehead atoms. The van der Waals surface area contributed by atoms with Crippen LogP contribution in [0.2, 0.25) is 0 Å². The number of benzene rings is 2. The van der Waals surface area contributed by atoms with Crippen molar-refractivity contribution >= 4 is 16.9 Å². The molecule has 0 fully saturated rings. The van der Waals surface area contributed by atoms with E-state index in [1.807, 2.05) is 42.5 Å². The SMILES string of the molecule is COC(=O)c1ccnc2ccc(-c3ccc(OCCNC(C)(C)C)cc3)cc12. The third-order valence-corrected chi connectivity index (χ3v) is 4.36. The lowest BCUT2D eigenvalue weighted by Gasteiger charge is -2.20. The Bertz CT molecular complexity index is 960. The van der Waals surface area contributed by atoms with Gasteiger partial charge in [-0.1, -0.05) is 18.2 Å². The summed E-state index contributed by atoms with van der Waals surface area (Å²) in [5, 5.41) is 4.18. The molecule has 1 aromatic heterocycles. The molecule has 0 atom stereocenters. The van der Waals surface area contributed by atoms with Crippen LogP contribution in [0.1, 0.15) is 31.1 Å². The number of ether oxygens (including phenoxy) is 2. The maximum Gasteiger partial charge on any atom is 0.338 e. The quantitative estimate of drug-likeness (QED) is 0.507. The summed E-state index contributed by atoms with van der Waals surface area (Å²) < 4.78 is 10.7. The van der Waals surface area contributed by atoms with Crippen LogP contribution in [0.25, 0.3) is 22.0 Å². The second kappa shape index (κ2) is 8.40. The lowest BCUT2D eigenvalue weighted by atomic mass is 10.0. The standard InChI is InChI=1S/C23H26N2O3/c1-23(2,3)25-13-14-28-18-8-5-16(6-9-18)17-7-10-21-20(15-17)19(11-12-24-21)22(26)27-4/h5-12,15,25H,13-14H2,1-4H3. The lowest BCUT2D eigenvalue weighted by molar-refractivity contribution is 0.0603. The van der Waals surface area contributed by atoms with E-state index in [1.165, 1.54) is 7.11 Å². The summed E-state index contributed by atoms with van der Waals surface area (Å²) in [7, 11) is 1.38. The van der Waals surface area contributed by atoms with Crippen LogP contribution in [-0.2, 0) is 4.74 Å². The van der Waals surface area contributed by atoms with Gasteiger partial charge in [0.25, 0.3) is 0 Å². The number of aromatic nitrogens is 1. The number of fused-ring (bicyclic) bond motifs is 1. The van der Waals surface area contributed by atoms with Crippen LogP contribution in [0.15, 0.2) is 54.7 Å². The van der Waals surface area contributed by atoms with Crippen molar-refractivity contribution in [3.8, 4) is 16.9 Å². The number of esters is 1. The van der Waals surface area contributed by atoms with Crippen LogP contribution in [0.3, 0.4) is 0 Å². The molecule has 2 aromatic carbocycles. The first-order valence-corrected chi connectivity index (χ1v) is 9.33. The van der Waals surface area contributed by atoms with Gasteiger partial charge in [-0.25, -0.2) is 4.79 Å². The first-order chi connectivity index (χ1) is 13.4. The molecule has 0 saturated carbocycles. The summed E-state index contributed by atoms with van der Waals surface area (Å²) in [5.74, 6) is 0.467. The summed E-state index contributed by atoms with van der Waals surface area (Å²) in [6.07, 6.45) is 1.62. The number of methoxy groups -OCH3 is 1. The van der Waals surface area contributed by atoms with E-state index in [1.54, 1.807) is 12.3 Å². The Morgan fingerprint density at radius 3 is 2.43 bits per heavy atom. The summed E-state index contributed by atoms with van der Waals surface area (Å²) in [5.41, 5.74) is 3.41. The Kier molecular flexibility index (Phi) is 5.95. The normalized spacial score (nSPS) is 11.4.